The number of carbonyl (C=O) groups is 3. The van der Waals surface area contributed by atoms with Gasteiger partial charge >= 0.3 is 5.97 Å². The van der Waals surface area contributed by atoms with Crippen molar-refractivity contribution >= 4 is 40.5 Å². The van der Waals surface area contributed by atoms with Crippen LogP contribution in [0.1, 0.15) is 46.0 Å². The van der Waals surface area contributed by atoms with Crippen molar-refractivity contribution in [2.75, 3.05) is 24.4 Å². The molecule has 5 nitrogen and oxygen atoms in total. The lowest BCUT2D eigenvalue weighted by Crippen LogP contribution is -2.49. The first-order chi connectivity index (χ1) is 10.9. The molecule has 1 rings (SSSR count). The monoisotopic (exact) mass is 361 g/mol. The molecular weight excluding hydrogens is 334 g/mol. The van der Waals surface area contributed by atoms with Gasteiger partial charge in [-0.3, -0.25) is 9.59 Å². The van der Waals surface area contributed by atoms with E-state index in [-0.39, 0.29) is 17.0 Å². The third kappa shape index (κ3) is 6.37. The van der Waals surface area contributed by atoms with Gasteiger partial charge in [0.2, 0.25) is 5.91 Å². The predicted molar refractivity (Wildman–Crippen MR) is 95.6 cm³/mol. The molecule has 0 spiro atoms. The number of hydrogen-bond acceptors (Lipinski definition) is 6. The van der Waals surface area contributed by atoms with Gasteiger partial charge in [-0.05, 0) is 38.2 Å². The Bertz CT molecular complexity index is 422. The molecule has 0 aromatic rings. The number of amides is 1. The maximum Gasteiger partial charge on any atom is 0.328 e. The van der Waals surface area contributed by atoms with E-state index < -0.39 is 11.5 Å². The molecule has 0 aliphatic heterocycles. The quantitative estimate of drug-likeness (QED) is 0.637. The Morgan fingerprint density at radius 2 is 1.91 bits per heavy atom. The minimum absolute atomic E-state index is 0.0217. The average molecular weight is 362 g/mol. The zero-order valence-electron chi connectivity index (χ0n) is 14.2. The Hall–Kier alpha value is -0.690. The summed E-state index contributed by atoms with van der Waals surface area (Å²) in [5.41, 5.74) is -0.527. The fourth-order valence-electron chi connectivity index (χ4n) is 2.77. The molecule has 132 valence electrons. The molecule has 1 saturated carbocycles. The molecule has 0 radical (unpaired) electrons. The lowest BCUT2D eigenvalue weighted by Gasteiger charge is -2.29. The summed E-state index contributed by atoms with van der Waals surface area (Å²) in [5, 5.41) is 2.91. The normalized spacial score (nSPS) is 17.5. The van der Waals surface area contributed by atoms with E-state index in [0.29, 0.717) is 18.8 Å². The summed E-state index contributed by atoms with van der Waals surface area (Å²) >= 11 is 2.83. The molecule has 1 atom stereocenters. The van der Waals surface area contributed by atoms with Crippen molar-refractivity contribution in [1.29, 1.82) is 0 Å². The van der Waals surface area contributed by atoms with E-state index in [1.807, 2.05) is 6.26 Å². The van der Waals surface area contributed by atoms with Crippen LogP contribution in [-0.4, -0.2) is 47.4 Å². The Kier molecular flexibility index (Phi) is 9.06. The summed E-state index contributed by atoms with van der Waals surface area (Å²) in [6.07, 6.45) is 6.05. The van der Waals surface area contributed by atoms with E-state index in [9.17, 15) is 14.4 Å². The molecule has 1 N–H and O–H groups in total. The molecule has 0 saturated heterocycles. The van der Waals surface area contributed by atoms with E-state index in [1.165, 1.54) is 18.7 Å². The number of esters is 1. The second-order valence-electron chi connectivity index (χ2n) is 5.83. The van der Waals surface area contributed by atoms with Crippen LogP contribution in [0.15, 0.2) is 0 Å². The third-order valence-electron chi connectivity index (χ3n) is 4.08. The highest BCUT2D eigenvalue weighted by Crippen LogP contribution is 2.41. The summed E-state index contributed by atoms with van der Waals surface area (Å²) in [7, 11) is 0. The molecule has 0 aromatic heterocycles. The number of thioether (sulfide) groups is 2. The molecule has 23 heavy (non-hydrogen) atoms. The first-order valence-corrected chi connectivity index (χ1v) is 10.4. The molecule has 1 fully saturated rings. The van der Waals surface area contributed by atoms with Crippen LogP contribution in [0, 0.1) is 5.41 Å². The van der Waals surface area contributed by atoms with Gasteiger partial charge in [-0.1, -0.05) is 24.6 Å². The largest absolute Gasteiger partial charge is 0.464 e. The maximum atomic E-state index is 12.8. The number of ether oxygens (including phenoxy) is 1. The predicted octanol–water partition coefficient (Wildman–Crippen LogP) is 2.63. The molecular formula is C16H27NO4S2. The topological polar surface area (TPSA) is 72.5 Å². The molecule has 0 heterocycles. The molecule has 1 aliphatic carbocycles. The standard InChI is InChI=1S/C16H27NO4S2/c1-4-21-14(19)13(7-10-22-3)17-15(20)16(8-5-6-9-16)11-23-12(2)18/h13H,4-11H2,1-3H3,(H,17,20). The highest BCUT2D eigenvalue weighted by Gasteiger charge is 2.42. The summed E-state index contributed by atoms with van der Waals surface area (Å²) in [6.45, 7) is 3.58. The smallest absolute Gasteiger partial charge is 0.328 e. The van der Waals surface area contributed by atoms with Crippen molar-refractivity contribution in [3.05, 3.63) is 0 Å². The Morgan fingerprint density at radius 1 is 1.26 bits per heavy atom. The molecule has 0 bridgehead atoms. The Morgan fingerprint density at radius 3 is 2.43 bits per heavy atom. The molecule has 7 heteroatoms. The van der Waals surface area contributed by atoms with Crippen molar-refractivity contribution in [1.82, 2.24) is 5.32 Å². The van der Waals surface area contributed by atoms with Crippen molar-refractivity contribution in [2.45, 2.75) is 52.0 Å². The van der Waals surface area contributed by atoms with Crippen LogP contribution in [0.4, 0.5) is 0 Å². The zero-order valence-corrected chi connectivity index (χ0v) is 15.8. The number of rotatable bonds is 9. The number of hydrogen-bond donors (Lipinski definition) is 1. The van der Waals surface area contributed by atoms with E-state index in [2.05, 4.69) is 5.32 Å². The Labute approximate surface area is 147 Å². The zero-order chi connectivity index (χ0) is 17.3. The van der Waals surface area contributed by atoms with Gasteiger partial charge in [0.05, 0.1) is 12.0 Å². The second kappa shape index (κ2) is 10.2. The SMILES string of the molecule is CCOC(=O)C(CCSC)NC(=O)C1(CSC(C)=O)CCCC1. The van der Waals surface area contributed by atoms with E-state index >= 15 is 0 Å². The minimum Gasteiger partial charge on any atom is -0.464 e. The van der Waals surface area contributed by atoms with E-state index in [1.54, 1.807) is 18.7 Å². The first-order valence-electron chi connectivity index (χ1n) is 8.05. The van der Waals surface area contributed by atoms with E-state index in [0.717, 1.165) is 31.4 Å². The second-order valence-corrected chi connectivity index (χ2v) is 7.97. The van der Waals surface area contributed by atoms with Gasteiger partial charge in [-0.15, -0.1) is 0 Å². The van der Waals surface area contributed by atoms with Crippen LogP contribution in [-0.2, 0) is 19.1 Å². The lowest BCUT2D eigenvalue weighted by molar-refractivity contribution is -0.148. The number of carbonyl (C=O) groups excluding carboxylic acids is 3. The van der Waals surface area contributed by atoms with Crippen molar-refractivity contribution in [3.8, 4) is 0 Å². The van der Waals surface area contributed by atoms with E-state index in [4.69, 9.17) is 4.74 Å². The summed E-state index contributed by atoms with van der Waals surface area (Å²) in [4.78, 5) is 36.2. The van der Waals surface area contributed by atoms with Crippen LogP contribution >= 0.6 is 23.5 Å². The van der Waals surface area contributed by atoms with Gasteiger partial charge in [0.15, 0.2) is 5.12 Å². The van der Waals surface area contributed by atoms with Gasteiger partial charge in [0.1, 0.15) is 6.04 Å². The van der Waals surface area contributed by atoms with Gasteiger partial charge in [0.25, 0.3) is 0 Å². The first kappa shape index (κ1) is 20.4. The van der Waals surface area contributed by atoms with Crippen LogP contribution < -0.4 is 5.32 Å². The highest BCUT2D eigenvalue weighted by molar-refractivity contribution is 8.13. The van der Waals surface area contributed by atoms with Crippen LogP contribution in [0.5, 0.6) is 0 Å². The highest BCUT2D eigenvalue weighted by atomic mass is 32.2. The lowest BCUT2D eigenvalue weighted by atomic mass is 9.87. The average Bonchev–Trinajstić information content (AvgIpc) is 2.99. The maximum absolute atomic E-state index is 12.8. The van der Waals surface area contributed by atoms with Gasteiger partial charge in [-0.2, -0.15) is 11.8 Å². The summed E-state index contributed by atoms with van der Waals surface area (Å²) in [6, 6.07) is -0.602. The van der Waals surface area contributed by atoms with Crippen molar-refractivity contribution in [3.63, 3.8) is 0 Å². The third-order valence-corrected chi connectivity index (χ3v) is 5.83. The van der Waals surface area contributed by atoms with Crippen LogP contribution in [0.2, 0.25) is 0 Å². The molecule has 0 aromatic carbocycles. The molecule has 1 unspecified atom stereocenters. The Balaban J connectivity index is 2.76. The fourth-order valence-corrected chi connectivity index (χ4v) is 4.14. The van der Waals surface area contributed by atoms with Crippen LogP contribution in [0.25, 0.3) is 0 Å². The molecule has 1 aliphatic rings. The van der Waals surface area contributed by atoms with Crippen molar-refractivity contribution in [2.24, 2.45) is 5.41 Å². The fraction of sp³-hybridized carbons (Fsp3) is 0.812. The van der Waals surface area contributed by atoms with Gasteiger partial charge < -0.3 is 10.1 Å². The number of nitrogens with one attached hydrogen (secondary N) is 1. The van der Waals surface area contributed by atoms with Gasteiger partial charge in [-0.25, -0.2) is 4.79 Å². The van der Waals surface area contributed by atoms with Gasteiger partial charge in [0, 0.05) is 12.7 Å². The summed E-state index contributed by atoms with van der Waals surface area (Å²) in [5.74, 6) is 0.788. The van der Waals surface area contributed by atoms with Crippen LogP contribution in [0.3, 0.4) is 0 Å². The summed E-state index contributed by atoms with van der Waals surface area (Å²) < 4.78 is 5.07. The molecule has 1 amide bonds. The minimum atomic E-state index is -0.602. The van der Waals surface area contributed by atoms with Crippen molar-refractivity contribution < 1.29 is 19.1 Å².